The molecule has 3 aromatic rings. The van der Waals surface area contributed by atoms with E-state index in [-0.39, 0.29) is 22.9 Å². The number of alkyl halides is 3. The lowest BCUT2D eigenvalue weighted by Gasteiger charge is -2.19. The van der Waals surface area contributed by atoms with Crippen molar-refractivity contribution in [1.82, 2.24) is 15.1 Å². The van der Waals surface area contributed by atoms with Crippen molar-refractivity contribution in [3.8, 4) is 5.75 Å². The molecule has 10 heteroatoms. The molecule has 0 aliphatic heterocycles. The molecule has 0 fully saturated rings. The summed E-state index contributed by atoms with van der Waals surface area (Å²) in [4.78, 5) is 12.2. The molecule has 0 aliphatic carbocycles. The van der Waals surface area contributed by atoms with Crippen LogP contribution in [0.15, 0.2) is 60.8 Å². The molecule has 1 aromatic heterocycles. The number of ether oxygens (including phenoxy) is 1. The zero-order valence-corrected chi connectivity index (χ0v) is 15.8. The highest BCUT2D eigenvalue weighted by atomic mass is 19.4. The van der Waals surface area contributed by atoms with E-state index in [1.165, 1.54) is 37.3 Å². The SMILES string of the molecule is CC(NC(=O)Nc1ccn(Cc2ccc(F)cc2)n1)c1ccccc1OC(F)(F)F. The third-order valence-corrected chi connectivity index (χ3v) is 4.10. The van der Waals surface area contributed by atoms with Crippen molar-refractivity contribution in [3.05, 3.63) is 77.7 Å². The molecule has 0 spiro atoms. The number of hydrogen-bond donors (Lipinski definition) is 2. The number of para-hydroxylation sites is 1. The van der Waals surface area contributed by atoms with Crippen LogP contribution < -0.4 is 15.4 Å². The lowest BCUT2D eigenvalue weighted by atomic mass is 10.1. The second-order valence-electron chi connectivity index (χ2n) is 6.43. The Morgan fingerprint density at radius 3 is 2.53 bits per heavy atom. The van der Waals surface area contributed by atoms with E-state index < -0.39 is 18.4 Å². The number of hydrogen-bond acceptors (Lipinski definition) is 3. The van der Waals surface area contributed by atoms with Crippen LogP contribution in [-0.4, -0.2) is 22.2 Å². The van der Waals surface area contributed by atoms with Gasteiger partial charge in [0.1, 0.15) is 11.6 Å². The fraction of sp³-hybridized carbons (Fsp3) is 0.200. The third kappa shape index (κ3) is 5.97. The van der Waals surface area contributed by atoms with Crippen molar-refractivity contribution < 1.29 is 27.1 Å². The number of anilines is 1. The van der Waals surface area contributed by atoms with E-state index in [2.05, 4.69) is 20.5 Å². The summed E-state index contributed by atoms with van der Waals surface area (Å²) in [5, 5.41) is 9.26. The predicted octanol–water partition coefficient (Wildman–Crippen LogP) is 4.85. The summed E-state index contributed by atoms with van der Waals surface area (Å²) in [6.45, 7) is 1.91. The molecule has 0 aliphatic rings. The van der Waals surface area contributed by atoms with Crippen LogP contribution >= 0.6 is 0 Å². The first-order chi connectivity index (χ1) is 14.2. The quantitative estimate of drug-likeness (QED) is 0.558. The van der Waals surface area contributed by atoms with Gasteiger partial charge in [0.15, 0.2) is 5.82 Å². The van der Waals surface area contributed by atoms with Gasteiger partial charge in [-0.05, 0) is 30.7 Å². The molecule has 1 heterocycles. The molecule has 0 saturated heterocycles. The Balaban J connectivity index is 1.60. The highest BCUT2D eigenvalue weighted by molar-refractivity contribution is 5.88. The number of carbonyl (C=O) groups is 1. The van der Waals surface area contributed by atoms with Gasteiger partial charge in [-0.15, -0.1) is 13.2 Å². The van der Waals surface area contributed by atoms with E-state index in [0.29, 0.717) is 6.54 Å². The number of urea groups is 1. The van der Waals surface area contributed by atoms with Crippen molar-refractivity contribution >= 4 is 11.8 Å². The summed E-state index contributed by atoms with van der Waals surface area (Å²) in [6.07, 6.45) is -3.20. The molecule has 1 unspecified atom stereocenters. The highest BCUT2D eigenvalue weighted by Crippen LogP contribution is 2.30. The minimum atomic E-state index is -4.84. The average molecular weight is 422 g/mol. The van der Waals surface area contributed by atoms with Crippen LogP contribution in [0, 0.1) is 5.82 Å². The van der Waals surface area contributed by atoms with E-state index in [4.69, 9.17) is 0 Å². The molecular formula is C20H18F4N4O2. The summed E-state index contributed by atoms with van der Waals surface area (Å²) < 4.78 is 56.2. The zero-order chi connectivity index (χ0) is 21.7. The second-order valence-corrected chi connectivity index (χ2v) is 6.43. The molecule has 1 atom stereocenters. The molecule has 30 heavy (non-hydrogen) atoms. The van der Waals surface area contributed by atoms with Crippen LogP contribution in [0.3, 0.4) is 0 Å². The van der Waals surface area contributed by atoms with Crippen LogP contribution in [0.5, 0.6) is 5.75 Å². The van der Waals surface area contributed by atoms with Gasteiger partial charge in [0.2, 0.25) is 0 Å². The van der Waals surface area contributed by atoms with Gasteiger partial charge in [0.25, 0.3) is 0 Å². The Bertz CT molecular complexity index is 1000. The standard InChI is InChI=1S/C20H18F4N4O2/c1-13(16-4-2-3-5-17(16)30-20(22,23)24)25-19(29)26-18-10-11-28(27-18)12-14-6-8-15(21)9-7-14/h2-11,13H,12H2,1H3,(H2,25,26,27,29). The van der Waals surface area contributed by atoms with Gasteiger partial charge in [-0.25, -0.2) is 9.18 Å². The van der Waals surface area contributed by atoms with Gasteiger partial charge in [-0.1, -0.05) is 30.3 Å². The molecule has 3 rings (SSSR count). The number of carbonyl (C=O) groups excluding carboxylic acids is 1. The number of amides is 2. The maximum atomic E-state index is 13.0. The highest BCUT2D eigenvalue weighted by Gasteiger charge is 2.32. The largest absolute Gasteiger partial charge is 0.573 e. The number of benzene rings is 2. The molecule has 0 bridgehead atoms. The van der Waals surface area contributed by atoms with Crippen LogP contribution in [0.2, 0.25) is 0 Å². The van der Waals surface area contributed by atoms with Gasteiger partial charge in [0, 0.05) is 17.8 Å². The van der Waals surface area contributed by atoms with Crippen LogP contribution in [0.1, 0.15) is 24.1 Å². The number of nitrogens with one attached hydrogen (secondary N) is 2. The van der Waals surface area contributed by atoms with Crippen LogP contribution in [-0.2, 0) is 6.54 Å². The summed E-state index contributed by atoms with van der Waals surface area (Å²) in [5.74, 6) is -0.474. The van der Waals surface area contributed by atoms with Crippen molar-refractivity contribution in [2.24, 2.45) is 0 Å². The molecular weight excluding hydrogens is 404 g/mol. The van der Waals surface area contributed by atoms with Gasteiger partial charge in [-0.2, -0.15) is 5.10 Å². The maximum Gasteiger partial charge on any atom is 0.573 e. The zero-order valence-electron chi connectivity index (χ0n) is 15.8. The van der Waals surface area contributed by atoms with E-state index in [1.807, 2.05) is 0 Å². The molecule has 0 saturated carbocycles. The van der Waals surface area contributed by atoms with Crippen molar-refractivity contribution in [2.45, 2.75) is 25.9 Å². The van der Waals surface area contributed by atoms with Gasteiger partial charge < -0.3 is 10.1 Å². The Kier molecular flexibility index (Phi) is 6.24. The Labute approximate surface area is 169 Å². The number of halogens is 4. The minimum absolute atomic E-state index is 0.173. The number of nitrogens with zero attached hydrogens (tertiary/aromatic N) is 2. The van der Waals surface area contributed by atoms with Crippen LogP contribution in [0.4, 0.5) is 28.2 Å². The fourth-order valence-corrected chi connectivity index (χ4v) is 2.78. The second kappa shape index (κ2) is 8.85. The maximum absolute atomic E-state index is 13.0. The molecule has 6 nitrogen and oxygen atoms in total. The summed E-state index contributed by atoms with van der Waals surface area (Å²) >= 11 is 0. The van der Waals surface area contributed by atoms with E-state index in [9.17, 15) is 22.4 Å². The van der Waals surface area contributed by atoms with Crippen molar-refractivity contribution in [2.75, 3.05) is 5.32 Å². The first kappa shape index (κ1) is 21.2. The third-order valence-electron chi connectivity index (χ3n) is 4.10. The number of aromatic nitrogens is 2. The lowest BCUT2D eigenvalue weighted by molar-refractivity contribution is -0.275. The van der Waals surface area contributed by atoms with Gasteiger partial charge in [-0.3, -0.25) is 10.00 Å². The minimum Gasteiger partial charge on any atom is -0.405 e. The Hall–Kier alpha value is -3.56. The van der Waals surface area contributed by atoms with E-state index in [0.717, 1.165) is 5.56 Å². The van der Waals surface area contributed by atoms with E-state index >= 15 is 0 Å². The first-order valence-corrected chi connectivity index (χ1v) is 8.90. The monoisotopic (exact) mass is 422 g/mol. The van der Waals surface area contributed by atoms with Crippen LogP contribution in [0.25, 0.3) is 0 Å². The Morgan fingerprint density at radius 1 is 1.13 bits per heavy atom. The molecule has 2 N–H and O–H groups in total. The first-order valence-electron chi connectivity index (χ1n) is 8.90. The smallest absolute Gasteiger partial charge is 0.405 e. The molecule has 0 radical (unpaired) electrons. The number of rotatable bonds is 6. The summed E-state index contributed by atoms with van der Waals surface area (Å²) in [6, 6.07) is 11.7. The normalized spacial score (nSPS) is 12.3. The van der Waals surface area contributed by atoms with E-state index in [1.54, 1.807) is 35.1 Å². The van der Waals surface area contributed by atoms with Crippen molar-refractivity contribution in [3.63, 3.8) is 0 Å². The fourth-order valence-electron chi connectivity index (χ4n) is 2.78. The topological polar surface area (TPSA) is 68.2 Å². The predicted molar refractivity (Wildman–Crippen MR) is 101 cm³/mol. The average Bonchev–Trinajstić information content (AvgIpc) is 3.09. The van der Waals surface area contributed by atoms with Crippen molar-refractivity contribution in [1.29, 1.82) is 0 Å². The van der Waals surface area contributed by atoms with Gasteiger partial charge in [0.05, 0.1) is 12.6 Å². The summed E-state index contributed by atoms with van der Waals surface area (Å²) in [7, 11) is 0. The lowest BCUT2D eigenvalue weighted by Crippen LogP contribution is -2.32. The molecule has 158 valence electrons. The molecule has 2 amide bonds. The summed E-state index contributed by atoms with van der Waals surface area (Å²) in [5.41, 5.74) is 0.997. The van der Waals surface area contributed by atoms with Gasteiger partial charge >= 0.3 is 12.4 Å². The molecule has 2 aromatic carbocycles. The Morgan fingerprint density at radius 2 is 1.83 bits per heavy atom.